The van der Waals surface area contributed by atoms with Crippen molar-refractivity contribution < 1.29 is 4.74 Å². The van der Waals surface area contributed by atoms with Gasteiger partial charge in [-0.1, -0.05) is 27.7 Å². The molecule has 0 aliphatic rings. The molecule has 0 bridgehead atoms. The van der Waals surface area contributed by atoms with Gasteiger partial charge in [-0.05, 0) is 37.3 Å². The molecule has 0 aromatic carbocycles. The smallest absolute Gasteiger partial charge is 0.168 e. The fourth-order valence-corrected chi connectivity index (χ4v) is 1.39. The van der Waals surface area contributed by atoms with Crippen LogP contribution in [-0.4, -0.2) is 17.6 Å². The van der Waals surface area contributed by atoms with Crippen molar-refractivity contribution in [1.29, 1.82) is 0 Å². The summed E-state index contributed by atoms with van der Waals surface area (Å²) >= 11 is 0. The lowest BCUT2D eigenvalue weighted by atomic mass is 9.81. The third-order valence-electron chi connectivity index (χ3n) is 3.41. The first-order valence-electron chi connectivity index (χ1n) is 6.68. The standard InChI is InChI=1S/C15H26N2O/c1-11(2)15(5,6)10-17-14-13(18-12(3)4)8-7-9-16-14/h7-9,11-12H,10H2,1-6H3,(H,16,17). The van der Waals surface area contributed by atoms with Gasteiger partial charge in [0.25, 0.3) is 0 Å². The number of pyridine rings is 1. The quantitative estimate of drug-likeness (QED) is 0.829. The summed E-state index contributed by atoms with van der Waals surface area (Å²) in [6.07, 6.45) is 1.95. The van der Waals surface area contributed by atoms with Gasteiger partial charge in [0, 0.05) is 12.7 Å². The second-order valence-electron chi connectivity index (χ2n) is 6.01. The minimum atomic E-state index is 0.160. The van der Waals surface area contributed by atoms with Crippen LogP contribution in [0.5, 0.6) is 5.75 Å². The Labute approximate surface area is 111 Å². The molecule has 0 unspecified atom stereocenters. The van der Waals surface area contributed by atoms with E-state index in [1.807, 2.05) is 26.0 Å². The van der Waals surface area contributed by atoms with Crippen LogP contribution in [0.2, 0.25) is 0 Å². The maximum absolute atomic E-state index is 5.75. The first-order valence-corrected chi connectivity index (χ1v) is 6.68. The van der Waals surface area contributed by atoms with Gasteiger partial charge in [-0.2, -0.15) is 0 Å². The molecule has 3 heteroatoms. The van der Waals surface area contributed by atoms with Crippen LogP contribution in [0.3, 0.4) is 0 Å². The summed E-state index contributed by atoms with van der Waals surface area (Å²) in [7, 11) is 0. The Morgan fingerprint density at radius 2 is 1.94 bits per heavy atom. The summed E-state index contributed by atoms with van der Waals surface area (Å²) in [5.74, 6) is 2.27. The third kappa shape index (κ3) is 4.21. The van der Waals surface area contributed by atoms with Gasteiger partial charge < -0.3 is 10.1 Å². The summed E-state index contributed by atoms with van der Waals surface area (Å²) in [5, 5.41) is 3.40. The fraction of sp³-hybridized carbons (Fsp3) is 0.667. The zero-order chi connectivity index (χ0) is 13.8. The highest BCUT2D eigenvalue weighted by Gasteiger charge is 2.22. The number of hydrogen-bond donors (Lipinski definition) is 1. The molecule has 0 fully saturated rings. The van der Waals surface area contributed by atoms with E-state index in [-0.39, 0.29) is 11.5 Å². The Kier molecular flexibility index (Phi) is 5.00. The molecule has 1 rings (SSSR count). The lowest BCUT2D eigenvalue weighted by Crippen LogP contribution is -2.29. The summed E-state index contributed by atoms with van der Waals surface area (Å²) in [5.41, 5.74) is 0.229. The highest BCUT2D eigenvalue weighted by atomic mass is 16.5. The Balaban J connectivity index is 2.73. The van der Waals surface area contributed by atoms with Crippen LogP contribution in [0.1, 0.15) is 41.5 Å². The molecule has 0 saturated carbocycles. The minimum absolute atomic E-state index is 0.160. The average Bonchev–Trinajstić information content (AvgIpc) is 2.27. The Hall–Kier alpha value is -1.25. The van der Waals surface area contributed by atoms with Gasteiger partial charge in [-0.3, -0.25) is 0 Å². The van der Waals surface area contributed by atoms with Gasteiger partial charge in [0.2, 0.25) is 0 Å². The molecular formula is C15H26N2O. The average molecular weight is 250 g/mol. The molecule has 1 aromatic rings. The summed E-state index contributed by atoms with van der Waals surface area (Å²) in [6, 6.07) is 3.86. The largest absolute Gasteiger partial charge is 0.487 e. The maximum Gasteiger partial charge on any atom is 0.168 e. The molecule has 0 spiro atoms. The topological polar surface area (TPSA) is 34.1 Å². The van der Waals surface area contributed by atoms with Crippen LogP contribution in [0, 0.1) is 11.3 Å². The van der Waals surface area contributed by atoms with Gasteiger partial charge in [0.05, 0.1) is 6.10 Å². The van der Waals surface area contributed by atoms with Crippen LogP contribution < -0.4 is 10.1 Å². The van der Waals surface area contributed by atoms with E-state index in [2.05, 4.69) is 38.0 Å². The zero-order valence-electron chi connectivity index (χ0n) is 12.4. The minimum Gasteiger partial charge on any atom is -0.487 e. The molecule has 0 saturated heterocycles. The third-order valence-corrected chi connectivity index (χ3v) is 3.41. The number of hydrogen-bond acceptors (Lipinski definition) is 3. The van der Waals surface area contributed by atoms with E-state index < -0.39 is 0 Å². The van der Waals surface area contributed by atoms with Gasteiger partial charge in [-0.15, -0.1) is 0 Å². The van der Waals surface area contributed by atoms with Crippen LogP contribution >= 0.6 is 0 Å². The lowest BCUT2D eigenvalue weighted by Gasteiger charge is -2.30. The monoisotopic (exact) mass is 250 g/mol. The van der Waals surface area contributed by atoms with Gasteiger partial charge >= 0.3 is 0 Å². The number of anilines is 1. The second kappa shape index (κ2) is 6.07. The summed E-state index contributed by atoms with van der Waals surface area (Å²) in [6.45, 7) is 13.9. The Morgan fingerprint density at radius 1 is 1.28 bits per heavy atom. The van der Waals surface area contributed by atoms with Crippen LogP contribution in [0.4, 0.5) is 5.82 Å². The first kappa shape index (κ1) is 14.8. The number of aromatic nitrogens is 1. The van der Waals surface area contributed by atoms with Crippen LogP contribution in [0.15, 0.2) is 18.3 Å². The molecule has 18 heavy (non-hydrogen) atoms. The predicted molar refractivity (Wildman–Crippen MR) is 77.1 cm³/mol. The normalized spacial score (nSPS) is 12.0. The number of nitrogens with one attached hydrogen (secondary N) is 1. The van der Waals surface area contributed by atoms with Crippen molar-refractivity contribution in [1.82, 2.24) is 4.98 Å². The van der Waals surface area contributed by atoms with Crippen molar-refractivity contribution in [2.24, 2.45) is 11.3 Å². The first-order chi connectivity index (χ1) is 8.33. The van der Waals surface area contributed by atoms with Gasteiger partial charge in [0.15, 0.2) is 11.6 Å². The van der Waals surface area contributed by atoms with E-state index in [1.165, 1.54) is 0 Å². The molecule has 1 aromatic heterocycles. The van der Waals surface area contributed by atoms with Gasteiger partial charge in [0.1, 0.15) is 0 Å². The van der Waals surface area contributed by atoms with E-state index in [1.54, 1.807) is 6.20 Å². The molecule has 0 aliphatic heterocycles. The van der Waals surface area contributed by atoms with Gasteiger partial charge in [-0.25, -0.2) is 4.98 Å². The molecule has 102 valence electrons. The van der Waals surface area contributed by atoms with E-state index in [0.717, 1.165) is 18.1 Å². The van der Waals surface area contributed by atoms with Crippen molar-refractivity contribution in [2.75, 3.05) is 11.9 Å². The predicted octanol–water partition coefficient (Wildman–Crippen LogP) is 3.96. The highest BCUT2D eigenvalue weighted by Crippen LogP contribution is 2.28. The Bertz CT molecular complexity index is 373. The zero-order valence-corrected chi connectivity index (χ0v) is 12.4. The van der Waals surface area contributed by atoms with Crippen molar-refractivity contribution in [3.63, 3.8) is 0 Å². The van der Waals surface area contributed by atoms with Crippen molar-refractivity contribution in [3.8, 4) is 5.75 Å². The summed E-state index contributed by atoms with van der Waals surface area (Å²) in [4.78, 5) is 4.36. The molecule has 3 nitrogen and oxygen atoms in total. The fourth-order valence-electron chi connectivity index (χ4n) is 1.39. The molecule has 0 amide bonds. The summed E-state index contributed by atoms with van der Waals surface area (Å²) < 4.78 is 5.75. The van der Waals surface area contributed by atoms with Crippen LogP contribution in [-0.2, 0) is 0 Å². The number of ether oxygens (including phenoxy) is 1. The lowest BCUT2D eigenvalue weighted by molar-refractivity contribution is 0.241. The molecule has 0 radical (unpaired) electrons. The molecule has 0 atom stereocenters. The van der Waals surface area contributed by atoms with Crippen molar-refractivity contribution in [3.05, 3.63) is 18.3 Å². The van der Waals surface area contributed by atoms with Crippen LogP contribution in [0.25, 0.3) is 0 Å². The van der Waals surface area contributed by atoms with Crippen molar-refractivity contribution >= 4 is 5.82 Å². The van der Waals surface area contributed by atoms with E-state index >= 15 is 0 Å². The SMILES string of the molecule is CC(C)Oc1cccnc1NCC(C)(C)C(C)C. The number of rotatable bonds is 6. The molecule has 1 N–H and O–H groups in total. The molecule has 0 aliphatic carbocycles. The van der Waals surface area contributed by atoms with E-state index in [9.17, 15) is 0 Å². The van der Waals surface area contributed by atoms with Crippen molar-refractivity contribution in [2.45, 2.75) is 47.6 Å². The van der Waals surface area contributed by atoms with E-state index in [0.29, 0.717) is 5.92 Å². The Morgan fingerprint density at radius 3 is 2.50 bits per heavy atom. The maximum atomic E-state index is 5.75. The molecule has 1 heterocycles. The van der Waals surface area contributed by atoms with E-state index in [4.69, 9.17) is 4.74 Å². The second-order valence-corrected chi connectivity index (χ2v) is 6.01. The number of nitrogens with zero attached hydrogens (tertiary/aromatic N) is 1. The molecular weight excluding hydrogens is 224 g/mol. The highest BCUT2D eigenvalue weighted by molar-refractivity contribution is 5.49.